The maximum Gasteiger partial charge on any atom is 0.416 e. The molecule has 0 bridgehead atoms. The van der Waals surface area contributed by atoms with Gasteiger partial charge in [0.2, 0.25) is 0 Å². The molecule has 0 aliphatic carbocycles. The predicted octanol–water partition coefficient (Wildman–Crippen LogP) is 6.40. The van der Waals surface area contributed by atoms with E-state index in [0.29, 0.717) is 22.2 Å². The lowest BCUT2D eigenvalue weighted by molar-refractivity contribution is -0.137. The van der Waals surface area contributed by atoms with E-state index in [1.54, 1.807) is 53.5 Å². The van der Waals surface area contributed by atoms with Gasteiger partial charge < -0.3 is 15.0 Å². The van der Waals surface area contributed by atoms with Crippen LogP contribution >= 0.6 is 0 Å². The first-order valence-corrected chi connectivity index (χ1v) is 12.0. The highest BCUT2D eigenvalue weighted by Gasteiger charge is 2.30. The molecule has 6 nitrogen and oxygen atoms in total. The number of nitrogens with one attached hydrogen (secondary N) is 1. The number of fused-ring (bicyclic) bond motifs is 1. The summed E-state index contributed by atoms with van der Waals surface area (Å²) in [6, 6.07) is 20.4. The fourth-order valence-corrected chi connectivity index (χ4v) is 4.44. The molecule has 0 radical (unpaired) electrons. The number of aromatic nitrogens is 2. The highest BCUT2D eigenvalue weighted by Crippen LogP contribution is 2.31. The molecule has 0 fully saturated rings. The van der Waals surface area contributed by atoms with E-state index in [9.17, 15) is 22.8 Å². The summed E-state index contributed by atoms with van der Waals surface area (Å²) in [6.45, 7) is 0.294. The monoisotopic (exact) mass is 529 g/mol. The summed E-state index contributed by atoms with van der Waals surface area (Å²) in [5.74, 6) is -1.42. The second-order valence-corrected chi connectivity index (χ2v) is 9.03. The molecule has 196 valence electrons. The zero-order valence-corrected chi connectivity index (χ0v) is 20.4. The second kappa shape index (κ2) is 10.4. The number of carbonyl (C=O) groups is 2. The Kier molecular flexibility index (Phi) is 6.89. The summed E-state index contributed by atoms with van der Waals surface area (Å²) in [4.78, 5) is 28.8. The van der Waals surface area contributed by atoms with Crippen LogP contribution in [0.3, 0.4) is 0 Å². The van der Waals surface area contributed by atoms with Crippen LogP contribution in [0.1, 0.15) is 37.4 Å². The number of carboxylic acid groups (broad SMARTS) is 1. The van der Waals surface area contributed by atoms with Gasteiger partial charge in [-0.05, 0) is 65.2 Å². The zero-order valence-electron chi connectivity index (χ0n) is 20.4. The van der Waals surface area contributed by atoms with Crippen LogP contribution in [0, 0.1) is 0 Å². The van der Waals surface area contributed by atoms with E-state index in [4.69, 9.17) is 5.11 Å². The van der Waals surface area contributed by atoms with Gasteiger partial charge in [-0.3, -0.25) is 9.78 Å². The van der Waals surface area contributed by atoms with Crippen LogP contribution in [-0.4, -0.2) is 26.5 Å². The maximum atomic E-state index is 13.5. The summed E-state index contributed by atoms with van der Waals surface area (Å²) in [5.41, 5.74) is 3.08. The lowest BCUT2D eigenvalue weighted by Crippen LogP contribution is -2.23. The number of alkyl halides is 3. The Hall–Kier alpha value is -4.92. The molecule has 0 saturated carbocycles. The van der Waals surface area contributed by atoms with E-state index < -0.39 is 17.7 Å². The Morgan fingerprint density at radius 3 is 2.38 bits per heavy atom. The molecule has 0 aliphatic heterocycles. The Balaban J connectivity index is 1.51. The average molecular weight is 530 g/mol. The fourth-order valence-electron chi connectivity index (χ4n) is 4.44. The zero-order chi connectivity index (χ0) is 27.6. The Bertz CT molecular complexity index is 1660. The van der Waals surface area contributed by atoms with Gasteiger partial charge in [-0.1, -0.05) is 30.3 Å². The third kappa shape index (κ3) is 5.67. The van der Waals surface area contributed by atoms with Crippen LogP contribution in [0.15, 0.2) is 97.5 Å². The van der Waals surface area contributed by atoms with Crippen molar-refractivity contribution in [3.63, 3.8) is 0 Å². The van der Waals surface area contributed by atoms with Crippen molar-refractivity contribution >= 4 is 22.8 Å². The molecule has 1 amide bonds. The minimum Gasteiger partial charge on any atom is -0.478 e. The normalized spacial score (nSPS) is 11.5. The minimum absolute atomic E-state index is 0.136. The Morgan fingerprint density at radius 1 is 0.897 bits per heavy atom. The van der Waals surface area contributed by atoms with Crippen molar-refractivity contribution in [2.24, 2.45) is 0 Å². The summed E-state index contributed by atoms with van der Waals surface area (Å²) in [5, 5.41) is 12.7. The molecule has 0 unspecified atom stereocenters. The number of aromatic carboxylic acids is 1. The summed E-state index contributed by atoms with van der Waals surface area (Å²) >= 11 is 0. The molecular weight excluding hydrogens is 507 g/mol. The fraction of sp³-hybridized carbons (Fsp3) is 0.100. The minimum atomic E-state index is -4.46. The van der Waals surface area contributed by atoms with Crippen molar-refractivity contribution < 1.29 is 27.9 Å². The quantitative estimate of drug-likeness (QED) is 0.256. The summed E-state index contributed by atoms with van der Waals surface area (Å²) < 4.78 is 41.6. The number of pyridine rings is 1. The van der Waals surface area contributed by atoms with Gasteiger partial charge in [0.25, 0.3) is 5.91 Å². The molecule has 0 atom stereocenters. The van der Waals surface area contributed by atoms with Crippen molar-refractivity contribution in [1.29, 1.82) is 0 Å². The molecule has 3 aromatic carbocycles. The topological polar surface area (TPSA) is 84.2 Å². The van der Waals surface area contributed by atoms with Gasteiger partial charge in [-0.2, -0.15) is 13.2 Å². The van der Waals surface area contributed by atoms with Crippen LogP contribution in [0.25, 0.3) is 22.0 Å². The SMILES string of the molecule is O=C(O)c1ccc(CNC(=O)c2cc(-c3cccnc3)cc3ccn(Cc4cccc(C(F)(F)F)c4)c23)cc1. The molecule has 0 spiro atoms. The van der Waals surface area contributed by atoms with E-state index in [2.05, 4.69) is 10.3 Å². The molecule has 9 heteroatoms. The van der Waals surface area contributed by atoms with Crippen molar-refractivity contribution in [2.75, 3.05) is 0 Å². The molecule has 2 aromatic heterocycles. The number of nitrogens with zero attached hydrogens (tertiary/aromatic N) is 2. The van der Waals surface area contributed by atoms with E-state index in [0.717, 1.165) is 28.6 Å². The first kappa shape index (κ1) is 25.7. The highest BCUT2D eigenvalue weighted by molar-refractivity contribution is 6.07. The second-order valence-electron chi connectivity index (χ2n) is 9.03. The standard InChI is InChI=1S/C30H22F3N3O3/c31-30(32,33)25-5-1-3-20(13-25)18-36-12-10-22-14-24(23-4-2-11-34-17-23)15-26(27(22)36)28(37)35-16-19-6-8-21(9-7-19)29(38)39/h1-15,17H,16,18H2,(H,35,37)(H,38,39). The van der Waals surface area contributed by atoms with Crippen LogP contribution in [0.5, 0.6) is 0 Å². The summed E-state index contributed by atoms with van der Waals surface area (Å²) in [6.07, 6.45) is 0.629. The number of benzene rings is 3. The maximum absolute atomic E-state index is 13.5. The van der Waals surface area contributed by atoms with Crippen molar-refractivity contribution in [1.82, 2.24) is 14.9 Å². The van der Waals surface area contributed by atoms with Crippen LogP contribution in [0.2, 0.25) is 0 Å². The molecule has 2 N–H and O–H groups in total. The number of carboxylic acids is 1. The van der Waals surface area contributed by atoms with Gasteiger partial charge >= 0.3 is 12.1 Å². The van der Waals surface area contributed by atoms with Crippen molar-refractivity contribution in [2.45, 2.75) is 19.3 Å². The molecule has 39 heavy (non-hydrogen) atoms. The third-order valence-electron chi connectivity index (χ3n) is 6.36. The largest absolute Gasteiger partial charge is 0.478 e. The first-order valence-electron chi connectivity index (χ1n) is 12.0. The lowest BCUT2D eigenvalue weighted by Gasteiger charge is -2.14. The number of halogens is 3. The summed E-state index contributed by atoms with van der Waals surface area (Å²) in [7, 11) is 0. The van der Waals surface area contributed by atoms with Gasteiger partial charge in [0.05, 0.1) is 22.2 Å². The van der Waals surface area contributed by atoms with E-state index in [1.807, 2.05) is 18.2 Å². The molecule has 5 aromatic rings. The van der Waals surface area contributed by atoms with Gasteiger partial charge in [0.1, 0.15) is 0 Å². The van der Waals surface area contributed by atoms with Crippen LogP contribution in [-0.2, 0) is 19.3 Å². The van der Waals surface area contributed by atoms with Gasteiger partial charge in [0.15, 0.2) is 0 Å². The van der Waals surface area contributed by atoms with Crippen molar-refractivity contribution in [3.05, 3.63) is 125 Å². The number of hydrogen-bond donors (Lipinski definition) is 2. The highest BCUT2D eigenvalue weighted by atomic mass is 19.4. The van der Waals surface area contributed by atoms with E-state index in [1.165, 1.54) is 18.2 Å². The number of carbonyl (C=O) groups excluding carboxylic acids is 1. The molecule has 5 rings (SSSR count). The average Bonchev–Trinajstić information content (AvgIpc) is 3.34. The van der Waals surface area contributed by atoms with E-state index in [-0.39, 0.29) is 24.6 Å². The number of amides is 1. The smallest absolute Gasteiger partial charge is 0.416 e. The first-order chi connectivity index (χ1) is 18.7. The lowest BCUT2D eigenvalue weighted by atomic mass is 10.0. The Labute approximate surface area is 221 Å². The molecule has 2 heterocycles. The predicted molar refractivity (Wildman–Crippen MR) is 140 cm³/mol. The van der Waals surface area contributed by atoms with Crippen molar-refractivity contribution in [3.8, 4) is 11.1 Å². The molecular formula is C30H22F3N3O3. The molecule has 0 aliphatic rings. The van der Waals surface area contributed by atoms with Crippen LogP contribution in [0.4, 0.5) is 13.2 Å². The van der Waals surface area contributed by atoms with Gasteiger partial charge in [-0.25, -0.2) is 4.79 Å². The number of hydrogen-bond acceptors (Lipinski definition) is 3. The van der Waals surface area contributed by atoms with Gasteiger partial charge in [-0.15, -0.1) is 0 Å². The van der Waals surface area contributed by atoms with E-state index >= 15 is 0 Å². The third-order valence-corrected chi connectivity index (χ3v) is 6.36. The molecule has 0 saturated heterocycles. The number of rotatable bonds is 7. The Morgan fingerprint density at radius 2 is 1.69 bits per heavy atom. The van der Waals surface area contributed by atoms with Crippen LogP contribution < -0.4 is 5.32 Å². The van der Waals surface area contributed by atoms with Gasteiger partial charge in [0, 0.05) is 42.6 Å².